The Kier molecular flexibility index (Phi) is 5.03. The Hall–Kier alpha value is -2.08. The summed E-state index contributed by atoms with van der Waals surface area (Å²) in [5.74, 6) is -0.558. The van der Waals surface area contributed by atoms with Crippen LogP contribution in [-0.2, 0) is 4.79 Å². The van der Waals surface area contributed by atoms with Gasteiger partial charge in [0.25, 0.3) is 5.91 Å². The van der Waals surface area contributed by atoms with Crippen molar-refractivity contribution in [2.75, 3.05) is 0 Å². The molecule has 116 valence electrons. The fourth-order valence-corrected chi connectivity index (χ4v) is 2.66. The van der Waals surface area contributed by atoms with E-state index in [9.17, 15) is 9.59 Å². The molecule has 2 N–H and O–H groups in total. The number of carboxylic acid groups (broad SMARTS) is 1. The van der Waals surface area contributed by atoms with E-state index in [2.05, 4.69) is 21.2 Å². The highest BCUT2D eigenvalue weighted by molar-refractivity contribution is 9.10. The van der Waals surface area contributed by atoms with E-state index in [4.69, 9.17) is 9.52 Å². The van der Waals surface area contributed by atoms with Crippen molar-refractivity contribution < 1.29 is 19.1 Å². The smallest absolute Gasteiger partial charge is 0.305 e. The van der Waals surface area contributed by atoms with Gasteiger partial charge in [-0.2, -0.15) is 0 Å². The molecule has 1 atom stereocenters. The van der Waals surface area contributed by atoms with Crippen LogP contribution in [0.25, 0.3) is 0 Å². The molecule has 1 aromatic carbocycles. The van der Waals surface area contributed by atoms with Crippen LogP contribution in [0.4, 0.5) is 0 Å². The predicted octanol–water partition coefficient (Wildman–Crippen LogP) is 3.60. The van der Waals surface area contributed by atoms with Crippen molar-refractivity contribution in [3.05, 3.63) is 57.5 Å². The zero-order valence-electron chi connectivity index (χ0n) is 12.2. The molecule has 2 rings (SSSR count). The van der Waals surface area contributed by atoms with Gasteiger partial charge in [0.2, 0.25) is 0 Å². The SMILES string of the molecule is Cc1cc(C)c(C(=O)NC(CC(=O)O)c2cccc(Br)c2)o1. The highest BCUT2D eigenvalue weighted by Gasteiger charge is 2.22. The first-order valence-electron chi connectivity index (χ1n) is 6.72. The average Bonchev–Trinajstić information content (AvgIpc) is 2.76. The van der Waals surface area contributed by atoms with Gasteiger partial charge in [-0.05, 0) is 37.6 Å². The van der Waals surface area contributed by atoms with Crippen molar-refractivity contribution in [1.82, 2.24) is 5.32 Å². The second kappa shape index (κ2) is 6.79. The van der Waals surface area contributed by atoms with E-state index < -0.39 is 17.9 Å². The largest absolute Gasteiger partial charge is 0.481 e. The lowest BCUT2D eigenvalue weighted by Crippen LogP contribution is -2.30. The van der Waals surface area contributed by atoms with E-state index in [-0.39, 0.29) is 12.2 Å². The second-order valence-electron chi connectivity index (χ2n) is 5.05. The van der Waals surface area contributed by atoms with Gasteiger partial charge in [-0.1, -0.05) is 28.1 Å². The number of hydrogen-bond acceptors (Lipinski definition) is 3. The van der Waals surface area contributed by atoms with Gasteiger partial charge in [0.15, 0.2) is 5.76 Å². The molecule has 0 fully saturated rings. The number of rotatable bonds is 5. The Morgan fingerprint density at radius 3 is 2.59 bits per heavy atom. The molecule has 1 heterocycles. The summed E-state index contributed by atoms with van der Waals surface area (Å²) >= 11 is 3.34. The Labute approximate surface area is 136 Å². The van der Waals surface area contributed by atoms with E-state index >= 15 is 0 Å². The monoisotopic (exact) mass is 365 g/mol. The van der Waals surface area contributed by atoms with Crippen LogP contribution in [0.3, 0.4) is 0 Å². The molecule has 0 radical (unpaired) electrons. The van der Waals surface area contributed by atoms with Crippen LogP contribution in [0.2, 0.25) is 0 Å². The lowest BCUT2D eigenvalue weighted by Gasteiger charge is -2.17. The maximum atomic E-state index is 12.3. The Morgan fingerprint density at radius 2 is 2.05 bits per heavy atom. The number of carboxylic acids is 1. The third-order valence-corrected chi connectivity index (χ3v) is 3.68. The summed E-state index contributed by atoms with van der Waals surface area (Å²) in [6, 6.07) is 8.33. The lowest BCUT2D eigenvalue weighted by molar-refractivity contribution is -0.137. The first-order valence-corrected chi connectivity index (χ1v) is 7.51. The van der Waals surface area contributed by atoms with Crippen molar-refractivity contribution in [2.24, 2.45) is 0 Å². The van der Waals surface area contributed by atoms with Crippen LogP contribution < -0.4 is 5.32 Å². The topological polar surface area (TPSA) is 79.5 Å². The standard InChI is InChI=1S/C16H16BrNO4/c1-9-6-10(2)22-15(9)16(21)18-13(8-14(19)20)11-4-3-5-12(17)7-11/h3-7,13H,8H2,1-2H3,(H,18,21)(H,19,20). The molecule has 0 aliphatic rings. The van der Waals surface area contributed by atoms with E-state index in [1.807, 2.05) is 6.07 Å². The minimum atomic E-state index is -0.988. The quantitative estimate of drug-likeness (QED) is 0.847. The Morgan fingerprint density at radius 1 is 1.32 bits per heavy atom. The molecule has 0 spiro atoms. The van der Waals surface area contributed by atoms with Crippen molar-refractivity contribution in [3.8, 4) is 0 Å². The highest BCUT2D eigenvalue weighted by atomic mass is 79.9. The van der Waals surface area contributed by atoms with Gasteiger partial charge in [0, 0.05) is 10.0 Å². The molecule has 0 saturated heterocycles. The summed E-state index contributed by atoms with van der Waals surface area (Å²) in [5.41, 5.74) is 1.43. The zero-order chi connectivity index (χ0) is 16.3. The molecule has 0 bridgehead atoms. The van der Waals surface area contributed by atoms with E-state index in [1.165, 1.54) is 0 Å². The molecule has 0 aliphatic carbocycles. The first kappa shape index (κ1) is 16.3. The molecule has 0 saturated carbocycles. The molecule has 5 nitrogen and oxygen atoms in total. The maximum absolute atomic E-state index is 12.3. The van der Waals surface area contributed by atoms with Crippen molar-refractivity contribution >= 4 is 27.8 Å². The maximum Gasteiger partial charge on any atom is 0.305 e. The summed E-state index contributed by atoms with van der Waals surface area (Å²) < 4.78 is 6.19. The van der Waals surface area contributed by atoms with Gasteiger partial charge in [0.05, 0.1) is 12.5 Å². The van der Waals surface area contributed by atoms with Crippen LogP contribution >= 0.6 is 15.9 Å². The normalized spacial score (nSPS) is 12.0. The van der Waals surface area contributed by atoms with Crippen LogP contribution in [-0.4, -0.2) is 17.0 Å². The molecule has 1 aromatic heterocycles. The van der Waals surface area contributed by atoms with Crippen LogP contribution in [0, 0.1) is 13.8 Å². The molecule has 0 aliphatic heterocycles. The summed E-state index contributed by atoms with van der Waals surface area (Å²) in [7, 11) is 0. The van der Waals surface area contributed by atoms with Gasteiger partial charge in [-0.3, -0.25) is 9.59 Å². The number of halogens is 1. The molecule has 22 heavy (non-hydrogen) atoms. The third kappa shape index (κ3) is 3.98. The van der Waals surface area contributed by atoms with Crippen molar-refractivity contribution in [2.45, 2.75) is 26.3 Å². The van der Waals surface area contributed by atoms with Crippen molar-refractivity contribution in [1.29, 1.82) is 0 Å². The summed E-state index contributed by atoms with van der Waals surface area (Å²) in [5, 5.41) is 11.8. The van der Waals surface area contributed by atoms with Gasteiger partial charge in [0.1, 0.15) is 5.76 Å². The Bertz CT molecular complexity index is 708. The fraction of sp³-hybridized carbons (Fsp3) is 0.250. The van der Waals surface area contributed by atoms with Gasteiger partial charge >= 0.3 is 5.97 Å². The molecule has 6 heteroatoms. The zero-order valence-corrected chi connectivity index (χ0v) is 13.8. The minimum Gasteiger partial charge on any atom is -0.481 e. The number of aliphatic carboxylic acids is 1. The highest BCUT2D eigenvalue weighted by Crippen LogP contribution is 2.22. The fourth-order valence-electron chi connectivity index (χ4n) is 2.24. The molecule has 2 aromatic rings. The number of aryl methyl sites for hydroxylation is 2. The number of hydrogen-bond donors (Lipinski definition) is 2. The van der Waals surface area contributed by atoms with Crippen LogP contribution in [0.15, 0.2) is 39.2 Å². The van der Waals surface area contributed by atoms with Crippen LogP contribution in [0.1, 0.15) is 39.9 Å². The molecule has 1 unspecified atom stereocenters. The van der Waals surface area contributed by atoms with E-state index in [1.54, 1.807) is 38.1 Å². The first-order chi connectivity index (χ1) is 10.4. The van der Waals surface area contributed by atoms with Gasteiger partial charge < -0.3 is 14.8 Å². The molecular formula is C16H16BrNO4. The van der Waals surface area contributed by atoms with Gasteiger partial charge in [-0.25, -0.2) is 0 Å². The number of carbonyl (C=O) groups excluding carboxylic acids is 1. The second-order valence-corrected chi connectivity index (χ2v) is 5.96. The number of carbonyl (C=O) groups is 2. The lowest BCUT2D eigenvalue weighted by atomic mass is 10.0. The average molecular weight is 366 g/mol. The minimum absolute atomic E-state index is 0.207. The number of benzene rings is 1. The summed E-state index contributed by atoms with van der Waals surface area (Å²) in [6.07, 6.45) is -0.207. The number of furan rings is 1. The Balaban J connectivity index is 2.25. The summed E-state index contributed by atoms with van der Waals surface area (Å²) in [6.45, 7) is 3.53. The van der Waals surface area contributed by atoms with E-state index in [0.717, 1.165) is 10.0 Å². The molecular weight excluding hydrogens is 350 g/mol. The van der Waals surface area contributed by atoms with Crippen LogP contribution in [0.5, 0.6) is 0 Å². The van der Waals surface area contributed by atoms with E-state index in [0.29, 0.717) is 11.3 Å². The number of amides is 1. The predicted molar refractivity (Wildman–Crippen MR) is 84.8 cm³/mol. The van der Waals surface area contributed by atoms with Gasteiger partial charge in [-0.15, -0.1) is 0 Å². The number of nitrogens with one attached hydrogen (secondary N) is 1. The third-order valence-electron chi connectivity index (χ3n) is 3.18. The van der Waals surface area contributed by atoms with Crippen molar-refractivity contribution in [3.63, 3.8) is 0 Å². The molecule has 1 amide bonds. The summed E-state index contributed by atoms with van der Waals surface area (Å²) in [4.78, 5) is 23.4.